The smallest absolute Gasteiger partial charge is 0.0715 e. The third kappa shape index (κ3) is 5.80. The third-order valence-electron chi connectivity index (χ3n) is 5.23. The molecule has 0 aliphatic heterocycles. The Balaban J connectivity index is 0.00000101. The summed E-state index contributed by atoms with van der Waals surface area (Å²) in [5.74, 6) is 0. The molecular weight excluding hydrogens is 383 g/mol. The molecular formula is C27H35N2P. The van der Waals surface area contributed by atoms with Crippen LogP contribution in [0, 0.1) is 13.8 Å². The van der Waals surface area contributed by atoms with Crippen LogP contribution in [0.2, 0.25) is 0 Å². The quantitative estimate of drug-likeness (QED) is 0.454. The lowest BCUT2D eigenvalue weighted by Gasteiger charge is -2.15. The number of aryl methyl sites for hydroxylation is 3. The maximum absolute atomic E-state index is 5.06. The van der Waals surface area contributed by atoms with Crippen molar-refractivity contribution < 1.29 is 0 Å². The highest BCUT2D eigenvalue weighted by Crippen LogP contribution is 2.30. The summed E-state index contributed by atoms with van der Waals surface area (Å²) in [5, 5.41) is 2.71. The van der Waals surface area contributed by atoms with Crippen LogP contribution in [-0.4, -0.2) is 11.6 Å². The zero-order chi connectivity index (χ0) is 22.1. The topological polar surface area (TPSA) is 38.9 Å². The average Bonchev–Trinajstić information content (AvgIpc) is 2.74. The van der Waals surface area contributed by atoms with Gasteiger partial charge < -0.3 is 5.73 Å². The van der Waals surface area contributed by atoms with Crippen LogP contribution in [0.5, 0.6) is 0 Å². The first-order chi connectivity index (χ1) is 14.5. The Hall–Kier alpha value is -2.44. The minimum absolute atomic E-state index is 0.808. The number of allylic oxidation sites excluding steroid dienone is 1. The molecule has 0 radical (unpaired) electrons. The van der Waals surface area contributed by atoms with Gasteiger partial charge in [0.15, 0.2) is 0 Å². The van der Waals surface area contributed by atoms with Crippen molar-refractivity contribution >= 4 is 30.4 Å². The van der Waals surface area contributed by atoms with E-state index in [1.54, 1.807) is 0 Å². The maximum atomic E-state index is 5.06. The molecule has 2 aromatic carbocycles. The molecule has 3 heteroatoms. The highest BCUT2D eigenvalue weighted by atomic mass is 31.1. The fraction of sp³-hybridized carbons (Fsp3) is 0.296. The third-order valence-corrected chi connectivity index (χ3v) is 6.12. The molecule has 2 N–H and O–H groups in total. The van der Waals surface area contributed by atoms with E-state index in [2.05, 4.69) is 95.2 Å². The molecule has 158 valence electrons. The SMILES string of the molecule is C/C=C(/c1cc(CCCC)c2cc(C)ccc2n1)c1cc(PC)ccc1C.C=CN. The number of pyridine rings is 1. The van der Waals surface area contributed by atoms with Crippen molar-refractivity contribution in [3.8, 4) is 0 Å². The average molecular weight is 419 g/mol. The zero-order valence-electron chi connectivity index (χ0n) is 19.0. The summed E-state index contributed by atoms with van der Waals surface area (Å²) < 4.78 is 0. The highest BCUT2D eigenvalue weighted by Gasteiger charge is 2.13. The van der Waals surface area contributed by atoms with Crippen LogP contribution in [0.3, 0.4) is 0 Å². The molecule has 1 atom stereocenters. The Morgan fingerprint density at radius 2 is 1.87 bits per heavy atom. The highest BCUT2D eigenvalue weighted by molar-refractivity contribution is 7.46. The second-order valence-electron chi connectivity index (χ2n) is 7.51. The molecule has 1 unspecified atom stereocenters. The largest absolute Gasteiger partial charge is 0.405 e. The van der Waals surface area contributed by atoms with E-state index in [4.69, 9.17) is 4.98 Å². The maximum Gasteiger partial charge on any atom is 0.0715 e. The van der Waals surface area contributed by atoms with Crippen LogP contribution in [0.4, 0.5) is 0 Å². The Bertz CT molecular complexity index is 1030. The summed E-state index contributed by atoms with van der Waals surface area (Å²) in [6, 6.07) is 15.8. The summed E-state index contributed by atoms with van der Waals surface area (Å²) in [7, 11) is 0.808. The van der Waals surface area contributed by atoms with Gasteiger partial charge in [-0.2, -0.15) is 0 Å². The summed E-state index contributed by atoms with van der Waals surface area (Å²) in [5.41, 5.74) is 13.4. The second kappa shape index (κ2) is 11.7. The van der Waals surface area contributed by atoms with Crippen molar-refractivity contribution in [3.63, 3.8) is 0 Å². The van der Waals surface area contributed by atoms with E-state index in [0.717, 1.165) is 26.2 Å². The van der Waals surface area contributed by atoms with Gasteiger partial charge in [0.25, 0.3) is 0 Å². The molecule has 0 amide bonds. The van der Waals surface area contributed by atoms with E-state index in [9.17, 15) is 0 Å². The monoisotopic (exact) mass is 418 g/mol. The lowest BCUT2D eigenvalue weighted by atomic mass is 9.94. The molecule has 0 saturated heterocycles. The lowest BCUT2D eigenvalue weighted by Crippen LogP contribution is -2.02. The molecule has 0 spiro atoms. The minimum Gasteiger partial charge on any atom is -0.405 e. The Labute approximate surface area is 184 Å². The van der Waals surface area contributed by atoms with E-state index in [1.165, 1.54) is 57.6 Å². The van der Waals surface area contributed by atoms with E-state index in [1.807, 2.05) is 0 Å². The number of hydrogen-bond acceptors (Lipinski definition) is 2. The van der Waals surface area contributed by atoms with Gasteiger partial charge in [0.05, 0.1) is 11.2 Å². The van der Waals surface area contributed by atoms with Crippen molar-refractivity contribution in [1.29, 1.82) is 0 Å². The van der Waals surface area contributed by atoms with Crippen LogP contribution in [0.1, 0.15) is 54.6 Å². The number of nitrogens with two attached hydrogens (primary N) is 1. The van der Waals surface area contributed by atoms with Crippen LogP contribution in [0.25, 0.3) is 16.5 Å². The van der Waals surface area contributed by atoms with Crippen LogP contribution < -0.4 is 11.0 Å². The fourth-order valence-electron chi connectivity index (χ4n) is 3.63. The van der Waals surface area contributed by atoms with E-state index in [0.29, 0.717) is 0 Å². The molecule has 30 heavy (non-hydrogen) atoms. The van der Waals surface area contributed by atoms with Gasteiger partial charge >= 0.3 is 0 Å². The van der Waals surface area contributed by atoms with E-state index >= 15 is 0 Å². The molecule has 3 rings (SSSR count). The van der Waals surface area contributed by atoms with Crippen molar-refractivity contribution in [2.24, 2.45) is 5.73 Å². The van der Waals surface area contributed by atoms with Gasteiger partial charge in [-0.3, -0.25) is 0 Å². The number of nitrogens with zero attached hydrogens (tertiary/aromatic N) is 1. The molecule has 1 aromatic heterocycles. The van der Waals surface area contributed by atoms with Gasteiger partial charge in [-0.1, -0.05) is 58.3 Å². The van der Waals surface area contributed by atoms with E-state index in [-0.39, 0.29) is 0 Å². The van der Waals surface area contributed by atoms with Crippen LogP contribution in [-0.2, 0) is 6.42 Å². The summed E-state index contributed by atoms with van der Waals surface area (Å²) in [6.45, 7) is 14.1. The first-order valence-corrected chi connectivity index (χ1v) is 12.2. The summed E-state index contributed by atoms with van der Waals surface area (Å²) >= 11 is 0. The zero-order valence-corrected chi connectivity index (χ0v) is 20.0. The van der Waals surface area contributed by atoms with Gasteiger partial charge in [-0.15, -0.1) is 0 Å². The number of hydrogen-bond donors (Lipinski definition) is 1. The molecule has 2 nitrogen and oxygen atoms in total. The lowest BCUT2D eigenvalue weighted by molar-refractivity contribution is 0.798. The number of fused-ring (bicyclic) bond motifs is 1. The summed E-state index contributed by atoms with van der Waals surface area (Å²) in [4.78, 5) is 5.06. The van der Waals surface area contributed by atoms with Gasteiger partial charge in [-0.25, -0.2) is 4.98 Å². The number of rotatable bonds is 6. The van der Waals surface area contributed by atoms with Crippen molar-refractivity contribution in [2.75, 3.05) is 6.66 Å². The van der Waals surface area contributed by atoms with E-state index < -0.39 is 0 Å². The van der Waals surface area contributed by atoms with Crippen LogP contribution in [0.15, 0.2) is 61.3 Å². The fourth-order valence-corrected chi connectivity index (χ4v) is 4.17. The van der Waals surface area contributed by atoms with Gasteiger partial charge in [0.2, 0.25) is 0 Å². The molecule has 0 aliphatic carbocycles. The Morgan fingerprint density at radius 3 is 2.50 bits per heavy atom. The first kappa shape index (κ1) is 23.8. The molecule has 1 heterocycles. The van der Waals surface area contributed by atoms with Gasteiger partial charge in [0, 0.05) is 11.0 Å². The molecule has 0 saturated carbocycles. The molecule has 0 bridgehead atoms. The Kier molecular flexibility index (Phi) is 9.27. The Morgan fingerprint density at radius 1 is 1.13 bits per heavy atom. The van der Waals surface area contributed by atoms with Crippen molar-refractivity contribution in [3.05, 3.63) is 89.3 Å². The second-order valence-corrected chi connectivity index (χ2v) is 8.59. The number of benzene rings is 2. The van der Waals surface area contributed by atoms with Crippen LogP contribution >= 0.6 is 8.58 Å². The predicted molar refractivity (Wildman–Crippen MR) is 137 cm³/mol. The van der Waals surface area contributed by atoms with Crippen molar-refractivity contribution in [2.45, 2.75) is 47.0 Å². The predicted octanol–water partition coefficient (Wildman–Crippen LogP) is 6.67. The van der Waals surface area contributed by atoms with Gasteiger partial charge in [0.1, 0.15) is 0 Å². The first-order valence-electron chi connectivity index (χ1n) is 10.7. The van der Waals surface area contributed by atoms with Gasteiger partial charge in [-0.05, 0) is 92.7 Å². The van der Waals surface area contributed by atoms with Crippen molar-refractivity contribution in [1.82, 2.24) is 4.98 Å². The molecule has 0 aliphatic rings. The molecule has 3 aromatic rings. The minimum atomic E-state index is 0.808. The summed E-state index contributed by atoms with van der Waals surface area (Å²) in [6.07, 6.45) is 7.00. The normalized spacial score (nSPS) is 11.6. The number of aromatic nitrogens is 1. The molecule has 0 fully saturated rings. The number of unbranched alkanes of at least 4 members (excludes halogenated alkanes) is 1. The standard InChI is InChI=1S/C25H30NP.C2H5N/c1-6-8-9-19-15-25(26-24-13-10-17(3)14-23(19)24)21(7-2)22-16-20(27-5)12-11-18(22)4;1-2-3/h7,10-16,27H,6,8-9H2,1-5H3;2H,1,3H2/b21-7+;.